The first-order valence-corrected chi connectivity index (χ1v) is 14.9. The zero-order valence-electron chi connectivity index (χ0n) is 24.6. The van der Waals surface area contributed by atoms with Gasteiger partial charge in [0.2, 0.25) is 0 Å². The largest absolute Gasteiger partial charge is 0.496 e. The molecule has 232 valence electrons. The molecule has 0 bridgehead atoms. The maximum Gasteiger partial charge on any atom is 0.275 e. The van der Waals surface area contributed by atoms with Crippen molar-refractivity contribution in [2.45, 2.75) is 24.9 Å². The Hall–Kier alpha value is -3.80. The molecule has 12 heteroatoms. The summed E-state index contributed by atoms with van der Waals surface area (Å²) in [5.74, 6) is -2.87. The minimum Gasteiger partial charge on any atom is -0.496 e. The van der Waals surface area contributed by atoms with Crippen molar-refractivity contribution < 1.29 is 17.9 Å². The fourth-order valence-electron chi connectivity index (χ4n) is 6.50. The summed E-state index contributed by atoms with van der Waals surface area (Å²) < 4.78 is 52.9. The molecule has 8 nitrogen and oxygen atoms in total. The lowest BCUT2D eigenvalue weighted by molar-refractivity contribution is -0.129. The first kappa shape index (κ1) is 30.2. The van der Waals surface area contributed by atoms with E-state index in [-0.39, 0.29) is 12.1 Å². The number of piperidine rings is 1. The molecule has 0 unspecified atom stereocenters. The Labute approximate surface area is 258 Å². The highest BCUT2D eigenvalue weighted by Gasteiger charge is 2.48. The number of nitrogen functional groups attached to an aromatic ring is 1. The summed E-state index contributed by atoms with van der Waals surface area (Å²) in [6.45, 7) is 2.00. The molecule has 44 heavy (non-hydrogen) atoms. The van der Waals surface area contributed by atoms with Crippen LogP contribution in [-0.4, -0.2) is 77.7 Å². The van der Waals surface area contributed by atoms with Crippen LogP contribution >= 0.6 is 11.6 Å². The lowest BCUT2D eigenvalue weighted by Gasteiger charge is -2.46. The van der Waals surface area contributed by atoms with E-state index >= 15 is 8.78 Å². The Morgan fingerprint density at radius 1 is 1.09 bits per heavy atom. The molecule has 2 aromatic heterocycles. The van der Waals surface area contributed by atoms with Gasteiger partial charge in [-0.25, -0.2) is 13.2 Å². The van der Waals surface area contributed by atoms with Crippen molar-refractivity contribution in [3.05, 3.63) is 81.7 Å². The summed E-state index contributed by atoms with van der Waals surface area (Å²) in [4.78, 5) is 22.2. The van der Waals surface area contributed by atoms with Crippen LogP contribution < -0.4 is 20.9 Å². The Morgan fingerprint density at radius 2 is 1.86 bits per heavy atom. The standard InChI is InChI=1S/C32H34ClF3N6O2/c1-39-17-24(22-5-7-38-16-23(22)31(39)43)20-13-26(33)25(29(14-20)44-2)18-40-8-6-30(32(35,36)19-40)42-11-9-41(10-12-42)28-4-3-21(37)15-27(28)34/h3-5,7,13-17,30H,6,8-12,18-19,37H2,1-2H3/t30-/m1/s1. The molecule has 0 saturated carbocycles. The van der Waals surface area contributed by atoms with Crippen LogP contribution in [0.2, 0.25) is 5.02 Å². The zero-order valence-corrected chi connectivity index (χ0v) is 25.3. The molecule has 0 radical (unpaired) electrons. The molecule has 2 N–H and O–H groups in total. The molecule has 2 aromatic carbocycles. The second-order valence-corrected chi connectivity index (χ2v) is 11.9. The number of likely N-dealkylation sites (tertiary alicyclic amines) is 1. The highest BCUT2D eigenvalue weighted by molar-refractivity contribution is 6.32. The summed E-state index contributed by atoms with van der Waals surface area (Å²) in [5.41, 5.74) is 8.45. The van der Waals surface area contributed by atoms with E-state index in [0.717, 1.165) is 16.5 Å². The van der Waals surface area contributed by atoms with E-state index < -0.39 is 24.3 Å². The number of aryl methyl sites for hydroxylation is 1. The van der Waals surface area contributed by atoms with E-state index in [1.807, 2.05) is 15.9 Å². The minimum atomic E-state index is -2.95. The van der Waals surface area contributed by atoms with Crippen LogP contribution in [0.1, 0.15) is 12.0 Å². The first-order valence-electron chi connectivity index (χ1n) is 14.5. The maximum absolute atomic E-state index is 15.7. The molecule has 6 rings (SSSR count). The van der Waals surface area contributed by atoms with Crippen molar-refractivity contribution in [3.63, 3.8) is 0 Å². The van der Waals surface area contributed by atoms with Gasteiger partial charge in [0.1, 0.15) is 11.6 Å². The van der Waals surface area contributed by atoms with Crippen LogP contribution in [0.5, 0.6) is 5.75 Å². The van der Waals surface area contributed by atoms with Crippen LogP contribution in [0.15, 0.2) is 59.8 Å². The third-order valence-electron chi connectivity index (χ3n) is 8.76. The number of fused-ring (bicyclic) bond motifs is 1. The summed E-state index contributed by atoms with van der Waals surface area (Å²) in [6.07, 6.45) is 5.20. The Balaban J connectivity index is 1.16. The molecular weight excluding hydrogens is 593 g/mol. The van der Waals surface area contributed by atoms with Gasteiger partial charge in [0.25, 0.3) is 11.5 Å². The maximum atomic E-state index is 15.7. The molecule has 4 aromatic rings. The van der Waals surface area contributed by atoms with Gasteiger partial charge in [0.05, 0.1) is 30.8 Å². The van der Waals surface area contributed by atoms with Crippen molar-refractivity contribution in [1.29, 1.82) is 0 Å². The van der Waals surface area contributed by atoms with Gasteiger partial charge in [0.15, 0.2) is 0 Å². The number of nitrogens with zero attached hydrogens (tertiary/aromatic N) is 5. The van der Waals surface area contributed by atoms with Crippen molar-refractivity contribution >= 4 is 33.7 Å². The lowest BCUT2D eigenvalue weighted by Crippen LogP contribution is -2.61. The van der Waals surface area contributed by atoms with Gasteiger partial charge in [-0.2, -0.15) is 0 Å². The number of benzene rings is 2. The Morgan fingerprint density at radius 3 is 2.57 bits per heavy atom. The number of pyridine rings is 2. The smallest absolute Gasteiger partial charge is 0.275 e. The Bertz CT molecular complexity index is 1760. The van der Waals surface area contributed by atoms with Gasteiger partial charge in [-0.05, 0) is 53.8 Å². The van der Waals surface area contributed by atoms with Crippen molar-refractivity contribution in [2.75, 3.05) is 57.0 Å². The molecule has 2 saturated heterocycles. The van der Waals surface area contributed by atoms with Crippen molar-refractivity contribution in [2.24, 2.45) is 7.05 Å². The fraction of sp³-hybridized carbons (Fsp3) is 0.375. The number of alkyl halides is 2. The first-order chi connectivity index (χ1) is 21.1. The van der Waals surface area contributed by atoms with Crippen LogP contribution in [0.25, 0.3) is 21.9 Å². The Kier molecular flexibility index (Phi) is 8.21. The SMILES string of the molecule is COc1cc(-c2cn(C)c(=O)c3cnccc23)cc(Cl)c1CN1CC[C@@H](N2CCN(c3ccc(N)cc3F)CC2)C(F)(F)C1. The molecule has 2 aliphatic heterocycles. The van der Waals surface area contributed by atoms with Gasteiger partial charge in [-0.3, -0.25) is 19.6 Å². The highest BCUT2D eigenvalue weighted by Crippen LogP contribution is 2.39. The second-order valence-electron chi connectivity index (χ2n) is 11.5. The van der Waals surface area contributed by atoms with Gasteiger partial charge in [-0.15, -0.1) is 0 Å². The molecule has 1 atom stereocenters. The number of halogens is 4. The van der Waals surface area contributed by atoms with Crippen LogP contribution in [0, 0.1) is 5.82 Å². The van der Waals surface area contributed by atoms with Crippen molar-refractivity contribution in [1.82, 2.24) is 19.4 Å². The summed E-state index contributed by atoms with van der Waals surface area (Å²) in [7, 11) is 3.20. The van der Waals surface area contributed by atoms with Crippen LogP contribution in [-0.2, 0) is 13.6 Å². The van der Waals surface area contributed by atoms with Crippen molar-refractivity contribution in [3.8, 4) is 16.9 Å². The van der Waals surface area contributed by atoms with E-state index in [4.69, 9.17) is 22.1 Å². The number of rotatable bonds is 6. The molecule has 2 aliphatic rings. The number of hydrogen-bond acceptors (Lipinski definition) is 7. The number of ether oxygens (including phenoxy) is 1. The van der Waals surface area contributed by atoms with E-state index in [1.54, 1.807) is 48.6 Å². The van der Waals surface area contributed by atoms with E-state index in [0.29, 0.717) is 72.2 Å². The van der Waals surface area contributed by atoms with Gasteiger partial charge in [0, 0.05) is 86.7 Å². The van der Waals surface area contributed by atoms with E-state index in [9.17, 15) is 9.18 Å². The van der Waals surface area contributed by atoms with Crippen LogP contribution in [0.3, 0.4) is 0 Å². The molecule has 4 heterocycles. The normalized spacial score (nSPS) is 19.4. The third-order valence-corrected chi connectivity index (χ3v) is 9.10. The highest BCUT2D eigenvalue weighted by atomic mass is 35.5. The summed E-state index contributed by atoms with van der Waals surface area (Å²) in [6, 6.07) is 9.07. The molecule has 0 amide bonds. The minimum absolute atomic E-state index is 0.159. The molecule has 0 spiro atoms. The predicted molar refractivity (Wildman–Crippen MR) is 167 cm³/mol. The quantitative estimate of drug-likeness (QED) is 0.301. The molecule has 0 aliphatic carbocycles. The van der Waals surface area contributed by atoms with Crippen LogP contribution in [0.4, 0.5) is 24.5 Å². The number of hydrogen-bond donors (Lipinski definition) is 1. The van der Waals surface area contributed by atoms with E-state index in [2.05, 4.69) is 4.98 Å². The number of piperazine rings is 1. The number of anilines is 2. The zero-order chi connectivity index (χ0) is 31.2. The van der Waals surface area contributed by atoms with Gasteiger partial charge >= 0.3 is 0 Å². The average molecular weight is 627 g/mol. The molecular formula is C32H34ClF3N6O2. The predicted octanol–water partition coefficient (Wildman–Crippen LogP) is 5.02. The number of methoxy groups -OCH3 is 1. The summed E-state index contributed by atoms with van der Waals surface area (Å²) >= 11 is 6.79. The van der Waals surface area contributed by atoms with Gasteiger partial charge in [-0.1, -0.05) is 11.6 Å². The summed E-state index contributed by atoms with van der Waals surface area (Å²) in [5, 5.41) is 1.61. The monoisotopic (exact) mass is 626 g/mol. The van der Waals surface area contributed by atoms with E-state index in [1.165, 1.54) is 23.9 Å². The fourth-order valence-corrected chi connectivity index (χ4v) is 6.78. The van der Waals surface area contributed by atoms with Gasteiger partial charge < -0.3 is 19.9 Å². The molecule has 2 fully saturated rings. The second kappa shape index (κ2) is 11.9. The number of nitrogens with two attached hydrogens (primary N) is 1. The average Bonchev–Trinajstić information content (AvgIpc) is 3.00. The topological polar surface area (TPSA) is 79.9 Å². The third kappa shape index (κ3) is 5.71. The lowest BCUT2D eigenvalue weighted by atomic mass is 9.96. The number of aromatic nitrogens is 2.